The Balaban J connectivity index is 0.00000261. The lowest BCUT2D eigenvalue weighted by Gasteiger charge is -2.02. The third kappa shape index (κ3) is 4.71. The predicted octanol–water partition coefficient (Wildman–Crippen LogP) is 0.000200. The van der Waals surface area contributed by atoms with E-state index in [1.54, 1.807) is 59.4 Å². The van der Waals surface area contributed by atoms with Gasteiger partial charge in [-0.05, 0) is 6.07 Å². The number of carbonyl (C=O) groups is 2. The summed E-state index contributed by atoms with van der Waals surface area (Å²) in [5, 5.41) is 11.0. The van der Waals surface area contributed by atoms with E-state index in [1.807, 2.05) is 6.07 Å². The lowest BCUT2D eigenvalue weighted by molar-refractivity contribution is -0.683. The predicted molar refractivity (Wildman–Crippen MR) is 93.9 cm³/mol. The molecule has 0 radical (unpaired) electrons. The highest BCUT2D eigenvalue weighted by molar-refractivity contribution is 6.08. The third-order valence-corrected chi connectivity index (χ3v) is 3.92. The Morgan fingerprint density at radius 3 is 2.04 bits per heavy atom. The molecular formula is C20H15BrN2O4. The SMILES string of the molecule is O=C(c1ccccc1)c1cc[n+](CC(=O)c2ccccc2[N+](=O)[O-])cc1.[Br-]. The second-order valence-electron chi connectivity index (χ2n) is 5.65. The first-order chi connectivity index (χ1) is 12.6. The van der Waals surface area contributed by atoms with Crippen molar-refractivity contribution in [3.63, 3.8) is 0 Å². The Morgan fingerprint density at radius 2 is 1.41 bits per heavy atom. The quantitative estimate of drug-likeness (QED) is 0.240. The summed E-state index contributed by atoms with van der Waals surface area (Å²) in [4.78, 5) is 35.2. The molecule has 27 heavy (non-hydrogen) atoms. The molecule has 0 aliphatic rings. The van der Waals surface area contributed by atoms with Gasteiger partial charge in [-0.25, -0.2) is 0 Å². The summed E-state index contributed by atoms with van der Waals surface area (Å²) in [5.41, 5.74) is 0.940. The second-order valence-corrected chi connectivity index (χ2v) is 5.65. The molecule has 0 saturated heterocycles. The van der Waals surface area contributed by atoms with Gasteiger partial charge in [0.15, 0.2) is 18.2 Å². The molecule has 0 amide bonds. The van der Waals surface area contributed by atoms with E-state index >= 15 is 0 Å². The number of hydrogen-bond donors (Lipinski definition) is 0. The Hall–Kier alpha value is -3.19. The molecule has 3 rings (SSSR count). The van der Waals surface area contributed by atoms with Gasteiger partial charge in [0.2, 0.25) is 12.3 Å². The van der Waals surface area contributed by atoms with Crippen molar-refractivity contribution in [1.29, 1.82) is 0 Å². The maximum atomic E-state index is 12.4. The molecule has 0 spiro atoms. The van der Waals surface area contributed by atoms with E-state index in [9.17, 15) is 19.7 Å². The Morgan fingerprint density at radius 1 is 0.852 bits per heavy atom. The summed E-state index contributed by atoms with van der Waals surface area (Å²) in [5.74, 6) is -0.479. The van der Waals surface area contributed by atoms with Crippen LogP contribution in [-0.4, -0.2) is 16.5 Å². The number of halogens is 1. The molecule has 1 heterocycles. The number of aromatic nitrogens is 1. The van der Waals surface area contributed by atoms with Gasteiger partial charge < -0.3 is 17.0 Å². The first-order valence-electron chi connectivity index (χ1n) is 7.92. The van der Waals surface area contributed by atoms with Crippen molar-refractivity contribution in [2.45, 2.75) is 6.54 Å². The zero-order chi connectivity index (χ0) is 18.5. The molecule has 136 valence electrons. The van der Waals surface area contributed by atoms with Crippen LogP contribution < -0.4 is 21.5 Å². The monoisotopic (exact) mass is 426 g/mol. The molecule has 0 fully saturated rings. The number of carbonyl (C=O) groups excluding carboxylic acids is 2. The first-order valence-corrected chi connectivity index (χ1v) is 7.92. The fourth-order valence-corrected chi connectivity index (χ4v) is 2.59. The molecule has 2 aromatic carbocycles. The van der Waals surface area contributed by atoms with Crippen LogP contribution >= 0.6 is 0 Å². The second kappa shape index (κ2) is 8.95. The van der Waals surface area contributed by atoms with Gasteiger partial charge >= 0.3 is 0 Å². The van der Waals surface area contributed by atoms with Gasteiger partial charge in [0, 0.05) is 29.3 Å². The van der Waals surface area contributed by atoms with Crippen molar-refractivity contribution < 1.29 is 36.1 Å². The third-order valence-electron chi connectivity index (χ3n) is 3.92. The molecule has 0 aliphatic heterocycles. The normalized spacial score (nSPS) is 9.93. The number of nitrogens with zero attached hydrogens (tertiary/aromatic N) is 2. The minimum absolute atomic E-state index is 0. The molecule has 0 aliphatic carbocycles. The van der Waals surface area contributed by atoms with Crippen LogP contribution in [0, 0.1) is 10.1 Å². The van der Waals surface area contributed by atoms with E-state index in [1.165, 1.54) is 18.2 Å². The minimum atomic E-state index is -0.570. The summed E-state index contributed by atoms with van der Waals surface area (Å²) >= 11 is 0. The fraction of sp³-hybridized carbons (Fsp3) is 0.0500. The topological polar surface area (TPSA) is 81.2 Å². The Kier molecular flexibility index (Phi) is 6.67. The van der Waals surface area contributed by atoms with Gasteiger partial charge in [-0.15, -0.1) is 0 Å². The van der Waals surface area contributed by atoms with Gasteiger partial charge in [0.1, 0.15) is 5.56 Å². The lowest BCUT2D eigenvalue weighted by Crippen LogP contribution is -3.00. The number of rotatable bonds is 6. The van der Waals surface area contributed by atoms with Crippen LogP contribution in [0.1, 0.15) is 26.3 Å². The van der Waals surface area contributed by atoms with Crippen molar-refractivity contribution in [2.75, 3.05) is 0 Å². The van der Waals surface area contributed by atoms with Crippen molar-refractivity contribution in [3.05, 3.63) is 106 Å². The zero-order valence-corrected chi connectivity index (χ0v) is 15.7. The van der Waals surface area contributed by atoms with E-state index in [-0.39, 0.29) is 46.3 Å². The summed E-state index contributed by atoms with van der Waals surface area (Å²) in [6.45, 7) is -0.0509. The highest BCUT2D eigenvalue weighted by atomic mass is 79.9. The van der Waals surface area contributed by atoms with E-state index in [0.717, 1.165) is 0 Å². The maximum Gasteiger partial charge on any atom is 0.280 e. The van der Waals surface area contributed by atoms with Crippen molar-refractivity contribution in [2.24, 2.45) is 0 Å². The van der Waals surface area contributed by atoms with Crippen LogP contribution in [0.2, 0.25) is 0 Å². The summed E-state index contributed by atoms with van der Waals surface area (Å²) < 4.78 is 1.58. The van der Waals surface area contributed by atoms with Gasteiger partial charge in [-0.2, -0.15) is 4.57 Å². The number of nitro benzene ring substituents is 1. The van der Waals surface area contributed by atoms with Crippen LogP contribution in [0.15, 0.2) is 79.1 Å². The highest BCUT2D eigenvalue weighted by Gasteiger charge is 2.22. The zero-order valence-electron chi connectivity index (χ0n) is 14.1. The molecule has 0 bridgehead atoms. The molecule has 0 atom stereocenters. The number of para-hydroxylation sites is 1. The molecule has 0 unspecified atom stereocenters. The largest absolute Gasteiger partial charge is 1.00 e. The summed E-state index contributed by atoms with van der Waals surface area (Å²) in [6.07, 6.45) is 3.23. The number of hydrogen-bond acceptors (Lipinski definition) is 4. The fourth-order valence-electron chi connectivity index (χ4n) is 2.59. The van der Waals surface area contributed by atoms with Crippen LogP contribution in [0.3, 0.4) is 0 Å². The van der Waals surface area contributed by atoms with Gasteiger partial charge in [-0.1, -0.05) is 42.5 Å². The average molecular weight is 427 g/mol. The van der Waals surface area contributed by atoms with Crippen LogP contribution in [0.5, 0.6) is 0 Å². The van der Waals surface area contributed by atoms with Gasteiger partial charge in [-0.3, -0.25) is 19.7 Å². The van der Waals surface area contributed by atoms with Gasteiger partial charge in [0.25, 0.3) is 5.69 Å². The van der Waals surface area contributed by atoms with Crippen molar-refractivity contribution in [3.8, 4) is 0 Å². The molecule has 0 N–H and O–H groups in total. The van der Waals surface area contributed by atoms with E-state index in [4.69, 9.17) is 0 Å². The molecule has 1 aromatic heterocycles. The Labute approximate surface area is 166 Å². The van der Waals surface area contributed by atoms with Crippen molar-refractivity contribution >= 4 is 17.3 Å². The minimum Gasteiger partial charge on any atom is -1.00 e. The number of pyridine rings is 1. The van der Waals surface area contributed by atoms with E-state index < -0.39 is 4.92 Å². The molecule has 7 heteroatoms. The molecular weight excluding hydrogens is 412 g/mol. The summed E-state index contributed by atoms with van der Waals surface area (Å²) in [6, 6.07) is 18.0. The molecule has 3 aromatic rings. The summed E-state index contributed by atoms with van der Waals surface area (Å²) in [7, 11) is 0. The van der Waals surface area contributed by atoms with Gasteiger partial charge in [0.05, 0.1) is 4.92 Å². The average Bonchev–Trinajstić information content (AvgIpc) is 2.68. The molecule has 6 nitrogen and oxygen atoms in total. The smallest absolute Gasteiger partial charge is 0.280 e. The van der Waals surface area contributed by atoms with Crippen LogP contribution in [-0.2, 0) is 6.54 Å². The van der Waals surface area contributed by atoms with Crippen LogP contribution in [0.4, 0.5) is 5.69 Å². The van der Waals surface area contributed by atoms with E-state index in [2.05, 4.69) is 0 Å². The van der Waals surface area contributed by atoms with Crippen molar-refractivity contribution in [1.82, 2.24) is 0 Å². The number of nitro groups is 1. The Bertz CT molecular complexity index is 973. The maximum absolute atomic E-state index is 12.4. The van der Waals surface area contributed by atoms with E-state index in [0.29, 0.717) is 11.1 Å². The molecule has 0 saturated carbocycles. The lowest BCUT2D eigenvalue weighted by atomic mass is 10.0. The number of Topliss-reactive ketones (excluding diaryl/α,β-unsaturated/α-hetero) is 1. The number of benzene rings is 2. The first kappa shape index (κ1) is 20.1. The van der Waals surface area contributed by atoms with Crippen LogP contribution in [0.25, 0.3) is 0 Å². The standard InChI is InChI=1S/C20H15N2O4.BrH/c23-19(17-8-4-5-9-18(17)22(25)26)14-21-12-10-16(11-13-21)20(24)15-6-2-1-3-7-15;/h1-13H,14H2;1H/q+1;/p-1. The highest BCUT2D eigenvalue weighted by Crippen LogP contribution is 2.18. The number of ketones is 2.